The lowest BCUT2D eigenvalue weighted by molar-refractivity contribution is 0.279. The summed E-state index contributed by atoms with van der Waals surface area (Å²) in [4.78, 5) is 0.160. The maximum atomic E-state index is 12.1. The summed E-state index contributed by atoms with van der Waals surface area (Å²) in [5.74, 6) is 0. The Hall–Kier alpha value is -0.630. The quantitative estimate of drug-likeness (QED) is 0.686. The lowest BCUT2D eigenvalue weighted by atomic mass is 10.2. The van der Waals surface area contributed by atoms with Gasteiger partial charge in [-0.1, -0.05) is 0 Å². The topological polar surface area (TPSA) is 92.4 Å². The Morgan fingerprint density at radius 1 is 1.50 bits per heavy atom. The molecule has 1 aromatic carbocycles. The average Bonchev–Trinajstić information content (AvgIpc) is 2.25. The van der Waals surface area contributed by atoms with Crippen molar-refractivity contribution in [2.75, 3.05) is 12.3 Å². The number of benzene rings is 1. The van der Waals surface area contributed by atoms with E-state index < -0.39 is 10.0 Å². The minimum absolute atomic E-state index is 0.0532. The molecule has 1 unspecified atom stereocenters. The highest BCUT2D eigenvalue weighted by molar-refractivity contribution is 9.10. The number of nitrogen functional groups attached to an aromatic ring is 1. The van der Waals surface area contributed by atoms with Gasteiger partial charge < -0.3 is 10.8 Å². The molecule has 0 spiro atoms. The number of hydrogen-bond acceptors (Lipinski definition) is 4. The normalized spacial score (nSPS) is 13.5. The summed E-state index contributed by atoms with van der Waals surface area (Å²) in [7, 11) is -3.57. The maximum Gasteiger partial charge on any atom is 0.241 e. The molecule has 0 amide bonds. The van der Waals surface area contributed by atoms with E-state index >= 15 is 0 Å². The van der Waals surface area contributed by atoms with Gasteiger partial charge in [-0.3, -0.25) is 0 Å². The number of halogens is 1. The number of rotatable bonds is 6. The van der Waals surface area contributed by atoms with Crippen LogP contribution in [0, 0.1) is 0 Å². The van der Waals surface area contributed by atoms with Crippen LogP contribution in [0.15, 0.2) is 27.6 Å². The first-order valence-electron chi connectivity index (χ1n) is 5.55. The van der Waals surface area contributed by atoms with Crippen molar-refractivity contribution in [2.24, 2.45) is 0 Å². The molecular weight excluding hydrogens is 320 g/mol. The molecule has 1 aromatic rings. The molecule has 0 aliphatic rings. The summed E-state index contributed by atoms with van der Waals surface area (Å²) in [6, 6.07) is 4.32. The lowest BCUT2D eigenvalue weighted by Gasteiger charge is -2.14. The van der Waals surface area contributed by atoms with Gasteiger partial charge in [0.15, 0.2) is 0 Å². The Balaban J connectivity index is 2.86. The number of aliphatic hydroxyl groups excluding tert-OH is 1. The van der Waals surface area contributed by atoms with Gasteiger partial charge >= 0.3 is 0 Å². The monoisotopic (exact) mass is 336 g/mol. The van der Waals surface area contributed by atoms with Gasteiger partial charge in [0.05, 0.1) is 4.90 Å². The molecule has 4 N–H and O–H groups in total. The third-order valence-corrected chi connectivity index (χ3v) is 4.96. The first-order chi connectivity index (χ1) is 8.36. The zero-order valence-corrected chi connectivity index (χ0v) is 12.5. The van der Waals surface area contributed by atoms with E-state index in [1.165, 1.54) is 12.1 Å². The third kappa shape index (κ3) is 4.24. The Bertz CT molecular complexity index is 505. The fourth-order valence-corrected chi connectivity index (χ4v) is 3.89. The molecule has 0 radical (unpaired) electrons. The largest absolute Gasteiger partial charge is 0.399 e. The highest BCUT2D eigenvalue weighted by Gasteiger charge is 2.19. The molecule has 0 saturated heterocycles. The summed E-state index contributed by atoms with van der Waals surface area (Å²) in [6.07, 6.45) is 1.15. The molecule has 0 aromatic heterocycles. The van der Waals surface area contributed by atoms with Gasteiger partial charge in [0.25, 0.3) is 0 Å². The molecule has 0 aliphatic heterocycles. The first-order valence-corrected chi connectivity index (χ1v) is 7.82. The highest BCUT2D eigenvalue weighted by atomic mass is 79.9. The van der Waals surface area contributed by atoms with Crippen LogP contribution in [0.2, 0.25) is 0 Å². The van der Waals surface area contributed by atoms with Gasteiger partial charge in [0, 0.05) is 22.8 Å². The van der Waals surface area contributed by atoms with Crippen molar-refractivity contribution >= 4 is 31.6 Å². The lowest BCUT2D eigenvalue weighted by Crippen LogP contribution is -2.32. The van der Waals surface area contributed by atoms with Crippen LogP contribution in [0.3, 0.4) is 0 Å². The Labute approximate surface area is 116 Å². The predicted molar refractivity (Wildman–Crippen MR) is 74.7 cm³/mol. The van der Waals surface area contributed by atoms with Crippen LogP contribution in [-0.2, 0) is 10.0 Å². The number of hydrogen-bond donors (Lipinski definition) is 3. The van der Waals surface area contributed by atoms with E-state index in [0.29, 0.717) is 23.0 Å². The van der Waals surface area contributed by atoms with Crippen LogP contribution < -0.4 is 10.5 Å². The molecule has 0 fully saturated rings. The van der Waals surface area contributed by atoms with Gasteiger partial charge in [-0.2, -0.15) is 0 Å². The third-order valence-electron chi connectivity index (χ3n) is 2.40. The van der Waals surface area contributed by atoms with Crippen molar-refractivity contribution in [3.63, 3.8) is 0 Å². The van der Waals surface area contributed by atoms with Gasteiger partial charge in [-0.25, -0.2) is 13.1 Å². The second-order valence-corrected chi connectivity index (χ2v) is 6.61. The summed E-state index contributed by atoms with van der Waals surface area (Å²) in [5.41, 5.74) is 6.06. The molecule has 7 heteroatoms. The fraction of sp³-hybridized carbons (Fsp3) is 0.455. The van der Waals surface area contributed by atoms with Crippen molar-refractivity contribution in [2.45, 2.75) is 30.7 Å². The predicted octanol–water partition coefficient (Wildman–Crippen LogP) is 1.47. The Morgan fingerprint density at radius 2 is 2.17 bits per heavy atom. The molecule has 18 heavy (non-hydrogen) atoms. The molecule has 5 nitrogen and oxygen atoms in total. The summed E-state index contributed by atoms with van der Waals surface area (Å²) in [6.45, 7) is 1.82. The first kappa shape index (κ1) is 15.4. The maximum absolute atomic E-state index is 12.1. The molecule has 1 rings (SSSR count). The molecule has 0 saturated carbocycles. The van der Waals surface area contributed by atoms with E-state index in [0.717, 1.165) is 0 Å². The van der Waals surface area contributed by atoms with Crippen LogP contribution in [0.4, 0.5) is 5.69 Å². The summed E-state index contributed by atoms with van der Waals surface area (Å²) in [5, 5.41) is 8.71. The van der Waals surface area contributed by atoms with Crippen molar-refractivity contribution in [1.29, 1.82) is 0 Å². The zero-order chi connectivity index (χ0) is 13.8. The van der Waals surface area contributed by atoms with Gasteiger partial charge in [-0.05, 0) is 53.9 Å². The number of nitrogens with two attached hydrogens (primary N) is 1. The standard InChI is InChI=1S/C11H17BrN2O3S/c1-8(3-2-6-15)14-18(16,17)11-5-4-9(13)7-10(11)12/h4-5,7-8,14-15H,2-3,6,13H2,1H3. The van der Waals surface area contributed by atoms with Crippen molar-refractivity contribution < 1.29 is 13.5 Å². The van der Waals surface area contributed by atoms with E-state index in [2.05, 4.69) is 20.7 Å². The molecule has 1 atom stereocenters. The van der Waals surface area contributed by atoms with Crippen molar-refractivity contribution in [3.8, 4) is 0 Å². The zero-order valence-electron chi connectivity index (χ0n) is 10.1. The van der Waals surface area contributed by atoms with Crippen LogP contribution >= 0.6 is 15.9 Å². The van der Waals surface area contributed by atoms with Crippen LogP contribution in [0.25, 0.3) is 0 Å². The molecule has 0 aliphatic carbocycles. The smallest absolute Gasteiger partial charge is 0.241 e. The van der Waals surface area contributed by atoms with Crippen LogP contribution in [0.1, 0.15) is 19.8 Å². The van der Waals surface area contributed by atoms with Gasteiger partial charge in [0.1, 0.15) is 0 Å². The second kappa shape index (κ2) is 6.51. The molecule has 0 heterocycles. The van der Waals surface area contributed by atoms with E-state index in [9.17, 15) is 8.42 Å². The van der Waals surface area contributed by atoms with E-state index in [1.54, 1.807) is 13.0 Å². The van der Waals surface area contributed by atoms with Crippen LogP contribution in [0.5, 0.6) is 0 Å². The van der Waals surface area contributed by atoms with E-state index in [1.807, 2.05) is 0 Å². The average molecular weight is 337 g/mol. The minimum atomic E-state index is -3.57. The minimum Gasteiger partial charge on any atom is -0.399 e. The number of anilines is 1. The summed E-state index contributed by atoms with van der Waals surface area (Å²) < 4.78 is 27.2. The highest BCUT2D eigenvalue weighted by Crippen LogP contribution is 2.24. The fourth-order valence-electron chi connectivity index (χ4n) is 1.52. The molecule has 102 valence electrons. The van der Waals surface area contributed by atoms with Gasteiger partial charge in [-0.15, -0.1) is 0 Å². The number of nitrogens with one attached hydrogen (secondary N) is 1. The summed E-state index contributed by atoms with van der Waals surface area (Å²) >= 11 is 3.19. The van der Waals surface area contributed by atoms with E-state index in [-0.39, 0.29) is 17.5 Å². The van der Waals surface area contributed by atoms with Crippen molar-refractivity contribution in [3.05, 3.63) is 22.7 Å². The number of sulfonamides is 1. The Morgan fingerprint density at radius 3 is 2.72 bits per heavy atom. The van der Waals surface area contributed by atoms with E-state index in [4.69, 9.17) is 10.8 Å². The molecule has 0 bridgehead atoms. The SMILES string of the molecule is CC(CCCO)NS(=O)(=O)c1ccc(N)cc1Br. The molecular formula is C11H17BrN2O3S. The number of aliphatic hydroxyl groups is 1. The van der Waals surface area contributed by atoms with Gasteiger partial charge in [0.2, 0.25) is 10.0 Å². The Kier molecular flexibility index (Phi) is 5.58. The van der Waals surface area contributed by atoms with Crippen molar-refractivity contribution in [1.82, 2.24) is 4.72 Å². The van der Waals surface area contributed by atoms with Crippen LogP contribution in [-0.4, -0.2) is 26.2 Å². The second-order valence-electron chi connectivity index (χ2n) is 4.08.